The molecule has 1 unspecified atom stereocenters. The molecule has 1 aliphatic carbocycles. The highest BCUT2D eigenvalue weighted by Crippen LogP contribution is 2.38. The molecule has 0 saturated heterocycles. The predicted molar refractivity (Wildman–Crippen MR) is 77.4 cm³/mol. The average molecular weight is 293 g/mol. The van der Waals surface area contributed by atoms with E-state index in [4.69, 9.17) is 16.2 Å². The number of thiazole rings is 1. The van der Waals surface area contributed by atoms with Crippen LogP contribution < -0.4 is 16.2 Å². The van der Waals surface area contributed by atoms with Crippen LogP contribution in [0.1, 0.15) is 22.6 Å². The number of fused-ring (bicyclic) bond motifs is 1. The van der Waals surface area contributed by atoms with E-state index in [1.54, 1.807) is 12.1 Å². The van der Waals surface area contributed by atoms with Crippen molar-refractivity contribution in [3.63, 3.8) is 0 Å². The zero-order valence-electron chi connectivity index (χ0n) is 11.1. The van der Waals surface area contributed by atoms with Gasteiger partial charge >= 0.3 is 0 Å². The molecular weight excluding hydrogens is 277 g/mol. The highest BCUT2D eigenvalue weighted by molar-refractivity contribution is 7.15. The lowest BCUT2D eigenvalue weighted by molar-refractivity contribution is 0.368. The molecule has 106 valence electrons. The highest BCUT2D eigenvalue weighted by Gasteiger charge is 2.34. The van der Waals surface area contributed by atoms with E-state index >= 15 is 0 Å². The number of benzene rings is 1. The average Bonchev–Trinajstić information content (AvgIpc) is 2.78. The fourth-order valence-electron chi connectivity index (χ4n) is 2.67. The van der Waals surface area contributed by atoms with Crippen LogP contribution in [0.15, 0.2) is 18.2 Å². The van der Waals surface area contributed by atoms with E-state index in [2.05, 4.69) is 4.98 Å². The first-order valence-corrected chi connectivity index (χ1v) is 7.20. The fraction of sp³-hybridized carbons (Fsp3) is 0.357. The van der Waals surface area contributed by atoms with E-state index in [9.17, 15) is 4.39 Å². The van der Waals surface area contributed by atoms with Gasteiger partial charge in [-0.2, -0.15) is 0 Å². The molecule has 1 atom stereocenters. The first kappa shape index (κ1) is 13.3. The number of nitrogens with zero attached hydrogens (tertiary/aromatic N) is 1. The summed E-state index contributed by atoms with van der Waals surface area (Å²) in [5.41, 5.74) is 13.7. The van der Waals surface area contributed by atoms with Crippen LogP contribution in [0.4, 0.5) is 9.52 Å². The van der Waals surface area contributed by atoms with Gasteiger partial charge in [0.15, 0.2) is 16.7 Å². The van der Waals surface area contributed by atoms with Gasteiger partial charge < -0.3 is 16.2 Å². The summed E-state index contributed by atoms with van der Waals surface area (Å²) in [7, 11) is 1.45. The molecule has 0 aliphatic heterocycles. The van der Waals surface area contributed by atoms with Crippen molar-refractivity contribution >= 4 is 16.5 Å². The Morgan fingerprint density at radius 1 is 1.45 bits per heavy atom. The molecule has 2 aromatic rings. The van der Waals surface area contributed by atoms with Gasteiger partial charge in [-0.15, -0.1) is 11.3 Å². The summed E-state index contributed by atoms with van der Waals surface area (Å²) in [6.07, 6.45) is 2.23. The normalized spacial score (nSPS) is 21.6. The maximum absolute atomic E-state index is 13.5. The van der Waals surface area contributed by atoms with E-state index in [1.807, 2.05) is 0 Å². The van der Waals surface area contributed by atoms with E-state index in [0.29, 0.717) is 11.6 Å². The monoisotopic (exact) mass is 293 g/mol. The van der Waals surface area contributed by atoms with Gasteiger partial charge in [-0.3, -0.25) is 0 Å². The van der Waals surface area contributed by atoms with Gasteiger partial charge in [-0.25, -0.2) is 9.37 Å². The number of methoxy groups -OCH3 is 1. The quantitative estimate of drug-likeness (QED) is 0.890. The summed E-state index contributed by atoms with van der Waals surface area (Å²) >= 11 is 1.48. The molecule has 4 nitrogen and oxygen atoms in total. The van der Waals surface area contributed by atoms with Gasteiger partial charge in [-0.05, 0) is 30.5 Å². The van der Waals surface area contributed by atoms with Crippen LogP contribution in [-0.2, 0) is 18.4 Å². The summed E-state index contributed by atoms with van der Waals surface area (Å²) < 4.78 is 18.5. The molecule has 6 heteroatoms. The van der Waals surface area contributed by atoms with Gasteiger partial charge in [0, 0.05) is 16.8 Å². The molecule has 1 aliphatic rings. The van der Waals surface area contributed by atoms with Gasteiger partial charge in [0.25, 0.3) is 0 Å². The molecule has 20 heavy (non-hydrogen) atoms. The topological polar surface area (TPSA) is 74.2 Å². The molecule has 0 radical (unpaired) electrons. The first-order valence-electron chi connectivity index (χ1n) is 6.39. The SMILES string of the molecule is COc1cc(C2(N)CCc3nc(N)sc3C2)ccc1F. The van der Waals surface area contributed by atoms with Crippen molar-refractivity contribution in [2.24, 2.45) is 5.73 Å². The van der Waals surface area contributed by atoms with Crippen molar-refractivity contribution in [3.05, 3.63) is 40.2 Å². The van der Waals surface area contributed by atoms with Gasteiger partial charge in [0.1, 0.15) is 0 Å². The molecule has 1 aromatic carbocycles. The molecule has 0 saturated carbocycles. The van der Waals surface area contributed by atoms with Crippen molar-refractivity contribution in [1.29, 1.82) is 0 Å². The second-order valence-electron chi connectivity index (χ2n) is 5.10. The van der Waals surface area contributed by atoms with E-state index in [-0.39, 0.29) is 11.6 Å². The van der Waals surface area contributed by atoms with Crippen LogP contribution in [0, 0.1) is 5.82 Å². The minimum atomic E-state index is -0.521. The Balaban J connectivity index is 1.97. The van der Waals surface area contributed by atoms with Crippen LogP contribution in [-0.4, -0.2) is 12.1 Å². The summed E-state index contributed by atoms with van der Waals surface area (Å²) in [5, 5.41) is 0.580. The van der Waals surface area contributed by atoms with Crippen LogP contribution in [0.5, 0.6) is 5.75 Å². The molecule has 4 N–H and O–H groups in total. The number of halogens is 1. The largest absolute Gasteiger partial charge is 0.494 e. The first-order chi connectivity index (χ1) is 9.51. The predicted octanol–water partition coefficient (Wildman–Crippen LogP) is 2.22. The Kier molecular flexibility index (Phi) is 3.14. The number of hydrogen-bond donors (Lipinski definition) is 2. The number of anilines is 1. The van der Waals surface area contributed by atoms with Gasteiger partial charge in [0.05, 0.1) is 12.8 Å². The Morgan fingerprint density at radius 3 is 3.00 bits per heavy atom. The molecule has 0 bridgehead atoms. The van der Waals surface area contributed by atoms with Crippen LogP contribution in [0.2, 0.25) is 0 Å². The number of nitrogen functional groups attached to an aromatic ring is 1. The number of aryl methyl sites for hydroxylation is 1. The highest BCUT2D eigenvalue weighted by atomic mass is 32.1. The number of ether oxygens (including phenoxy) is 1. The van der Waals surface area contributed by atoms with Crippen LogP contribution in [0.25, 0.3) is 0 Å². The lowest BCUT2D eigenvalue weighted by Crippen LogP contribution is -2.41. The zero-order valence-corrected chi connectivity index (χ0v) is 12.0. The summed E-state index contributed by atoms with van der Waals surface area (Å²) in [6, 6.07) is 4.82. The standard InChI is InChI=1S/C14H16FN3OS/c1-19-11-6-8(2-3-9(11)15)14(17)5-4-10-12(7-14)20-13(16)18-10/h2-3,6H,4-5,7,17H2,1H3,(H2,16,18). The lowest BCUT2D eigenvalue weighted by Gasteiger charge is -2.33. The van der Waals surface area contributed by atoms with Gasteiger partial charge in [0.2, 0.25) is 0 Å². The lowest BCUT2D eigenvalue weighted by atomic mass is 9.78. The van der Waals surface area contributed by atoms with Crippen molar-refractivity contribution in [3.8, 4) is 5.75 Å². The third-order valence-corrected chi connectivity index (χ3v) is 4.73. The van der Waals surface area contributed by atoms with Crippen molar-refractivity contribution in [1.82, 2.24) is 4.98 Å². The maximum atomic E-state index is 13.5. The molecule has 0 spiro atoms. The van der Waals surface area contributed by atoms with Crippen LogP contribution in [0.3, 0.4) is 0 Å². The number of rotatable bonds is 2. The summed E-state index contributed by atoms with van der Waals surface area (Å²) in [6.45, 7) is 0. The summed E-state index contributed by atoms with van der Waals surface area (Å²) in [4.78, 5) is 5.44. The minimum absolute atomic E-state index is 0.224. The molecule has 3 rings (SSSR count). The second-order valence-corrected chi connectivity index (χ2v) is 6.22. The van der Waals surface area contributed by atoms with E-state index in [0.717, 1.165) is 29.0 Å². The smallest absolute Gasteiger partial charge is 0.180 e. The molecule has 0 amide bonds. The number of nitrogens with two attached hydrogens (primary N) is 2. The Hall–Kier alpha value is -1.66. The van der Waals surface area contributed by atoms with Gasteiger partial charge in [-0.1, -0.05) is 6.07 Å². The van der Waals surface area contributed by atoms with Crippen molar-refractivity contribution < 1.29 is 9.13 Å². The Labute approximate surface area is 120 Å². The number of hydrogen-bond acceptors (Lipinski definition) is 5. The number of aromatic nitrogens is 1. The summed E-state index contributed by atoms with van der Waals surface area (Å²) in [5.74, 6) is -0.152. The second kappa shape index (κ2) is 4.71. The van der Waals surface area contributed by atoms with E-state index < -0.39 is 5.54 Å². The molecule has 0 fully saturated rings. The molecule has 1 heterocycles. The fourth-order valence-corrected chi connectivity index (χ4v) is 3.67. The van der Waals surface area contributed by atoms with Crippen molar-refractivity contribution in [2.45, 2.75) is 24.8 Å². The van der Waals surface area contributed by atoms with Crippen LogP contribution >= 0.6 is 11.3 Å². The Morgan fingerprint density at radius 2 is 2.25 bits per heavy atom. The molecule has 1 aromatic heterocycles. The van der Waals surface area contributed by atoms with Crippen molar-refractivity contribution in [2.75, 3.05) is 12.8 Å². The van der Waals surface area contributed by atoms with E-state index in [1.165, 1.54) is 24.5 Å². The maximum Gasteiger partial charge on any atom is 0.180 e. The molecular formula is C14H16FN3OS. The minimum Gasteiger partial charge on any atom is -0.494 e. The third-order valence-electron chi connectivity index (χ3n) is 3.80. The zero-order chi connectivity index (χ0) is 14.3. The third kappa shape index (κ3) is 2.14. The Bertz CT molecular complexity index is 658.